The molecule has 1 aliphatic carbocycles. The molecule has 30 heavy (non-hydrogen) atoms. The van der Waals surface area contributed by atoms with Gasteiger partial charge in [0.25, 0.3) is 5.91 Å². The number of alkyl halides is 1. The van der Waals surface area contributed by atoms with Crippen molar-refractivity contribution < 1.29 is 13.9 Å². The highest BCUT2D eigenvalue weighted by molar-refractivity contribution is 7.09. The smallest absolute Gasteiger partial charge is 0.251 e. The Bertz CT molecular complexity index is 931. The van der Waals surface area contributed by atoms with Crippen LogP contribution in [0.15, 0.2) is 11.6 Å². The van der Waals surface area contributed by atoms with E-state index in [2.05, 4.69) is 15.3 Å². The summed E-state index contributed by atoms with van der Waals surface area (Å²) < 4.78 is 22.9. The second-order valence-electron chi connectivity index (χ2n) is 9.39. The average Bonchev–Trinajstić information content (AvgIpc) is 3.48. The zero-order valence-electron chi connectivity index (χ0n) is 17.5. The van der Waals surface area contributed by atoms with Gasteiger partial charge in [0.05, 0.1) is 36.9 Å². The van der Waals surface area contributed by atoms with Crippen molar-refractivity contribution in [1.29, 1.82) is 0 Å². The van der Waals surface area contributed by atoms with Crippen LogP contribution in [-0.4, -0.2) is 56.6 Å². The van der Waals surface area contributed by atoms with Crippen molar-refractivity contribution >= 4 is 17.2 Å². The summed E-state index contributed by atoms with van der Waals surface area (Å²) in [6.45, 7) is 4.71. The largest absolute Gasteiger partial charge is 0.368 e. The van der Waals surface area contributed by atoms with Gasteiger partial charge in [-0.15, -0.1) is 16.4 Å². The molecule has 0 radical (unpaired) electrons. The van der Waals surface area contributed by atoms with E-state index < -0.39 is 11.8 Å². The predicted molar refractivity (Wildman–Crippen MR) is 110 cm³/mol. The van der Waals surface area contributed by atoms with Crippen LogP contribution in [0.3, 0.4) is 0 Å². The normalized spacial score (nSPS) is 25.6. The van der Waals surface area contributed by atoms with Crippen LogP contribution >= 0.6 is 11.3 Å². The number of carbonyl (C=O) groups is 1. The topological polar surface area (TPSA) is 73.1 Å². The van der Waals surface area contributed by atoms with Crippen LogP contribution in [-0.2, 0) is 21.6 Å². The number of amides is 1. The molecule has 3 aliphatic rings. The SMILES string of the molecule is Cc1csc(CC(C)n2cc(C3(F)CN(C(=O)C4CC5(CCCC5)CO4)C3)nn2)n1. The number of likely N-dealkylation sites (tertiary alicyclic amines) is 1. The van der Waals surface area contributed by atoms with E-state index in [4.69, 9.17) is 4.74 Å². The highest BCUT2D eigenvalue weighted by Crippen LogP contribution is 2.47. The minimum Gasteiger partial charge on any atom is -0.368 e. The van der Waals surface area contributed by atoms with Crippen LogP contribution < -0.4 is 0 Å². The van der Waals surface area contributed by atoms with Crippen molar-refractivity contribution in [1.82, 2.24) is 24.9 Å². The molecule has 2 aliphatic heterocycles. The Morgan fingerprint density at radius 3 is 2.87 bits per heavy atom. The molecule has 3 fully saturated rings. The summed E-state index contributed by atoms with van der Waals surface area (Å²) in [5.74, 6) is -0.0769. The zero-order valence-corrected chi connectivity index (χ0v) is 18.3. The molecule has 0 N–H and O–H groups in total. The van der Waals surface area contributed by atoms with Gasteiger partial charge < -0.3 is 9.64 Å². The van der Waals surface area contributed by atoms with E-state index in [0.717, 1.165) is 36.4 Å². The molecule has 2 aromatic heterocycles. The Hall–Kier alpha value is -1.87. The molecule has 5 rings (SSSR count). The second-order valence-corrected chi connectivity index (χ2v) is 10.3. The maximum atomic E-state index is 15.4. The first-order valence-electron chi connectivity index (χ1n) is 10.8. The maximum absolute atomic E-state index is 15.4. The van der Waals surface area contributed by atoms with Crippen molar-refractivity contribution in [2.45, 2.75) is 70.2 Å². The number of hydrogen-bond acceptors (Lipinski definition) is 6. The minimum atomic E-state index is -1.63. The van der Waals surface area contributed by atoms with Gasteiger partial charge in [0.15, 0.2) is 5.67 Å². The van der Waals surface area contributed by atoms with Gasteiger partial charge >= 0.3 is 0 Å². The van der Waals surface area contributed by atoms with Crippen LogP contribution in [0.25, 0.3) is 0 Å². The lowest BCUT2D eigenvalue weighted by atomic mass is 9.83. The van der Waals surface area contributed by atoms with Crippen LogP contribution in [0.5, 0.6) is 0 Å². The fourth-order valence-electron chi connectivity index (χ4n) is 5.04. The number of halogens is 1. The van der Waals surface area contributed by atoms with Crippen LogP contribution in [0, 0.1) is 12.3 Å². The molecule has 1 saturated carbocycles. The van der Waals surface area contributed by atoms with Gasteiger partial charge in [-0.2, -0.15) is 0 Å². The molecule has 162 valence electrons. The third kappa shape index (κ3) is 3.56. The fourth-order valence-corrected chi connectivity index (χ4v) is 5.93. The van der Waals surface area contributed by atoms with Crippen LogP contribution in [0.4, 0.5) is 4.39 Å². The highest BCUT2D eigenvalue weighted by Gasteiger charge is 2.53. The van der Waals surface area contributed by atoms with Crippen molar-refractivity contribution in [2.75, 3.05) is 19.7 Å². The molecule has 1 amide bonds. The van der Waals surface area contributed by atoms with Crippen LogP contribution in [0.1, 0.15) is 61.5 Å². The molecule has 7 nitrogen and oxygen atoms in total. The highest BCUT2D eigenvalue weighted by atomic mass is 32.1. The molecule has 2 atom stereocenters. The number of carbonyl (C=O) groups excluding carboxylic acids is 1. The summed E-state index contributed by atoms with van der Waals surface area (Å²) >= 11 is 1.62. The van der Waals surface area contributed by atoms with E-state index in [-0.39, 0.29) is 30.5 Å². The Morgan fingerprint density at radius 1 is 1.40 bits per heavy atom. The van der Waals surface area contributed by atoms with Gasteiger partial charge in [-0.3, -0.25) is 4.79 Å². The Balaban J connectivity index is 1.18. The third-order valence-corrected chi connectivity index (χ3v) is 7.89. The summed E-state index contributed by atoms with van der Waals surface area (Å²) in [5.41, 5.74) is -0.135. The molecule has 2 unspecified atom stereocenters. The lowest BCUT2D eigenvalue weighted by molar-refractivity contribution is -0.156. The van der Waals surface area contributed by atoms with E-state index in [9.17, 15) is 4.79 Å². The van der Waals surface area contributed by atoms with Crippen molar-refractivity contribution in [2.24, 2.45) is 5.41 Å². The number of hydrogen-bond donors (Lipinski definition) is 0. The number of rotatable bonds is 5. The molecule has 9 heteroatoms. The van der Waals surface area contributed by atoms with Gasteiger partial charge in [0, 0.05) is 17.5 Å². The fraction of sp³-hybridized carbons (Fsp3) is 0.714. The molecule has 2 saturated heterocycles. The van der Waals surface area contributed by atoms with Crippen LogP contribution in [0.2, 0.25) is 0 Å². The number of nitrogens with zero attached hydrogens (tertiary/aromatic N) is 5. The third-order valence-electron chi connectivity index (χ3n) is 6.90. The maximum Gasteiger partial charge on any atom is 0.251 e. The quantitative estimate of drug-likeness (QED) is 0.724. The van der Waals surface area contributed by atoms with Gasteiger partial charge in [-0.1, -0.05) is 18.1 Å². The average molecular weight is 434 g/mol. The lowest BCUT2D eigenvalue weighted by Crippen LogP contribution is -2.61. The first kappa shape index (κ1) is 20.1. The van der Waals surface area contributed by atoms with Crippen molar-refractivity contribution in [3.8, 4) is 0 Å². The molecule has 0 aromatic carbocycles. The summed E-state index contributed by atoms with van der Waals surface area (Å²) in [6.07, 6.45) is 7.50. The standard InChI is InChI=1S/C21H28FN5O2S/c1-14-10-30-18(23-14)7-15(2)27-9-17(24-25-27)21(22)11-26(12-21)19(28)16-8-20(13-29-16)5-3-4-6-20/h9-10,15-16H,3-8,11-13H2,1-2H3. The summed E-state index contributed by atoms with van der Waals surface area (Å²) in [7, 11) is 0. The minimum absolute atomic E-state index is 0.0252. The van der Waals surface area contributed by atoms with E-state index in [0.29, 0.717) is 12.3 Å². The van der Waals surface area contributed by atoms with Gasteiger partial charge in [0.1, 0.15) is 11.8 Å². The predicted octanol–water partition coefficient (Wildman–Crippen LogP) is 3.20. The van der Waals surface area contributed by atoms with Crippen molar-refractivity contribution in [3.05, 3.63) is 28.0 Å². The first-order valence-corrected chi connectivity index (χ1v) is 11.7. The molecular weight excluding hydrogens is 405 g/mol. The monoisotopic (exact) mass is 433 g/mol. The van der Waals surface area contributed by atoms with Gasteiger partial charge in [-0.05, 0) is 38.5 Å². The number of thiazole rings is 1. The first-order chi connectivity index (χ1) is 14.4. The molecular formula is C21H28FN5O2S. The molecule has 2 aromatic rings. The van der Waals surface area contributed by atoms with E-state index >= 15 is 4.39 Å². The molecule has 1 spiro atoms. The summed E-state index contributed by atoms with van der Waals surface area (Å²) in [4.78, 5) is 18.8. The zero-order chi connectivity index (χ0) is 20.9. The van der Waals surface area contributed by atoms with E-state index in [1.807, 2.05) is 19.2 Å². The van der Waals surface area contributed by atoms with E-state index in [1.165, 1.54) is 12.8 Å². The van der Waals surface area contributed by atoms with Crippen molar-refractivity contribution in [3.63, 3.8) is 0 Å². The lowest BCUT2D eigenvalue weighted by Gasteiger charge is -2.44. The Morgan fingerprint density at radius 2 is 2.17 bits per heavy atom. The number of aryl methyl sites for hydroxylation is 1. The Kier molecular flexibility index (Phi) is 4.93. The van der Waals surface area contributed by atoms with Gasteiger partial charge in [0.2, 0.25) is 0 Å². The van der Waals surface area contributed by atoms with Gasteiger partial charge in [-0.25, -0.2) is 14.1 Å². The number of ether oxygens (including phenoxy) is 1. The molecule has 4 heterocycles. The van der Waals surface area contributed by atoms with E-state index in [1.54, 1.807) is 27.1 Å². The molecule has 0 bridgehead atoms. The number of aromatic nitrogens is 4. The Labute approximate surface area is 179 Å². The summed E-state index contributed by atoms with van der Waals surface area (Å²) in [6, 6.07) is 0.0349. The second kappa shape index (κ2) is 7.37. The summed E-state index contributed by atoms with van der Waals surface area (Å²) in [5, 5.41) is 11.3.